The summed E-state index contributed by atoms with van der Waals surface area (Å²) in [6.45, 7) is 1.50. The molecule has 22 heavy (non-hydrogen) atoms. The standard InChI is InChI=1S/C17H21NO4/c19-16(15-9-5-11-21-15)18-10-4-8-14(18)17(20)22-12-13-6-2-1-3-7-13/h1-3,6-7,14-15H,4-5,8-12H2. The van der Waals surface area contributed by atoms with Crippen molar-refractivity contribution >= 4 is 11.9 Å². The van der Waals surface area contributed by atoms with Gasteiger partial charge < -0.3 is 14.4 Å². The van der Waals surface area contributed by atoms with Crippen LogP contribution in [0.4, 0.5) is 0 Å². The van der Waals surface area contributed by atoms with Gasteiger partial charge in [0.05, 0.1) is 0 Å². The summed E-state index contributed by atoms with van der Waals surface area (Å²) in [5.41, 5.74) is 0.950. The van der Waals surface area contributed by atoms with E-state index in [0.717, 1.165) is 24.8 Å². The molecule has 2 saturated heterocycles. The number of carbonyl (C=O) groups is 2. The third-order valence-corrected chi connectivity index (χ3v) is 4.24. The second-order valence-electron chi connectivity index (χ2n) is 5.78. The van der Waals surface area contributed by atoms with Crippen molar-refractivity contribution in [3.05, 3.63) is 35.9 Å². The van der Waals surface area contributed by atoms with Gasteiger partial charge in [0.2, 0.25) is 0 Å². The van der Waals surface area contributed by atoms with Crippen molar-refractivity contribution in [2.75, 3.05) is 13.2 Å². The summed E-state index contributed by atoms with van der Waals surface area (Å²) in [4.78, 5) is 26.4. The predicted octanol–water partition coefficient (Wildman–Crippen LogP) is 1.90. The third-order valence-electron chi connectivity index (χ3n) is 4.24. The summed E-state index contributed by atoms with van der Waals surface area (Å²) in [6, 6.07) is 9.11. The van der Waals surface area contributed by atoms with E-state index in [1.165, 1.54) is 0 Å². The molecule has 3 rings (SSSR count). The van der Waals surface area contributed by atoms with Crippen molar-refractivity contribution in [1.82, 2.24) is 4.90 Å². The molecule has 2 heterocycles. The SMILES string of the molecule is O=C(OCc1ccccc1)C1CCCN1C(=O)C1CCCO1. The molecule has 0 radical (unpaired) electrons. The molecule has 0 aromatic heterocycles. The quantitative estimate of drug-likeness (QED) is 0.797. The average molecular weight is 303 g/mol. The molecule has 0 aliphatic carbocycles. The number of hydrogen-bond acceptors (Lipinski definition) is 4. The van der Waals surface area contributed by atoms with Crippen molar-refractivity contribution in [3.8, 4) is 0 Å². The maximum Gasteiger partial charge on any atom is 0.329 e. The summed E-state index contributed by atoms with van der Waals surface area (Å²) in [5.74, 6) is -0.371. The molecular weight excluding hydrogens is 282 g/mol. The minimum absolute atomic E-state index is 0.0586. The fourth-order valence-corrected chi connectivity index (χ4v) is 3.06. The summed E-state index contributed by atoms with van der Waals surface area (Å²) in [5, 5.41) is 0. The van der Waals surface area contributed by atoms with Gasteiger partial charge in [-0.2, -0.15) is 0 Å². The lowest BCUT2D eigenvalue weighted by atomic mass is 10.2. The smallest absolute Gasteiger partial charge is 0.329 e. The Kier molecular flexibility index (Phi) is 4.73. The fraction of sp³-hybridized carbons (Fsp3) is 0.529. The van der Waals surface area contributed by atoms with E-state index in [1.54, 1.807) is 4.90 Å². The fourth-order valence-electron chi connectivity index (χ4n) is 3.06. The first-order valence-corrected chi connectivity index (χ1v) is 7.88. The maximum atomic E-state index is 12.4. The molecule has 0 N–H and O–H groups in total. The van der Waals surface area contributed by atoms with Crippen LogP contribution in [-0.2, 0) is 25.7 Å². The van der Waals surface area contributed by atoms with Crippen molar-refractivity contribution < 1.29 is 19.1 Å². The zero-order chi connectivity index (χ0) is 15.4. The highest BCUT2D eigenvalue weighted by Gasteiger charge is 2.39. The Balaban J connectivity index is 1.57. The van der Waals surface area contributed by atoms with Crippen LogP contribution in [0.1, 0.15) is 31.2 Å². The molecule has 2 aliphatic heterocycles. The van der Waals surface area contributed by atoms with Crippen LogP contribution in [0.5, 0.6) is 0 Å². The molecule has 2 aliphatic rings. The van der Waals surface area contributed by atoms with Crippen molar-refractivity contribution in [2.45, 2.75) is 44.4 Å². The van der Waals surface area contributed by atoms with Crippen LogP contribution < -0.4 is 0 Å². The molecule has 0 bridgehead atoms. The molecule has 0 saturated carbocycles. The van der Waals surface area contributed by atoms with E-state index in [4.69, 9.17) is 9.47 Å². The van der Waals surface area contributed by atoms with Gasteiger partial charge in [-0.15, -0.1) is 0 Å². The van der Waals surface area contributed by atoms with E-state index in [2.05, 4.69) is 0 Å². The van der Waals surface area contributed by atoms with Crippen molar-refractivity contribution in [1.29, 1.82) is 0 Å². The highest BCUT2D eigenvalue weighted by atomic mass is 16.5. The van der Waals surface area contributed by atoms with Crippen LogP contribution >= 0.6 is 0 Å². The Morgan fingerprint density at radius 2 is 2.00 bits per heavy atom. The Morgan fingerprint density at radius 1 is 1.18 bits per heavy atom. The largest absolute Gasteiger partial charge is 0.459 e. The molecule has 5 heteroatoms. The molecule has 1 aromatic rings. The molecule has 2 unspecified atom stereocenters. The van der Waals surface area contributed by atoms with Crippen LogP contribution in [0.2, 0.25) is 0 Å². The van der Waals surface area contributed by atoms with Gasteiger partial charge in [0, 0.05) is 13.2 Å². The predicted molar refractivity (Wildman–Crippen MR) is 79.9 cm³/mol. The van der Waals surface area contributed by atoms with Crippen LogP contribution in [0, 0.1) is 0 Å². The second kappa shape index (κ2) is 6.92. The summed E-state index contributed by atoms with van der Waals surface area (Å²) in [6.07, 6.45) is 2.80. The first kappa shape index (κ1) is 15.0. The van der Waals surface area contributed by atoms with Crippen LogP contribution in [0.15, 0.2) is 30.3 Å². The highest BCUT2D eigenvalue weighted by Crippen LogP contribution is 2.23. The molecule has 2 fully saturated rings. The van der Waals surface area contributed by atoms with Gasteiger partial charge in [0.25, 0.3) is 5.91 Å². The van der Waals surface area contributed by atoms with Gasteiger partial charge in [-0.3, -0.25) is 4.79 Å². The minimum atomic E-state index is -0.458. The Bertz CT molecular complexity index is 525. The molecule has 0 spiro atoms. The first-order chi connectivity index (χ1) is 10.8. The van der Waals surface area contributed by atoms with E-state index in [1.807, 2.05) is 30.3 Å². The van der Waals surface area contributed by atoms with Gasteiger partial charge in [0.1, 0.15) is 18.8 Å². The van der Waals surface area contributed by atoms with Crippen LogP contribution in [0.3, 0.4) is 0 Å². The number of hydrogen-bond donors (Lipinski definition) is 0. The molecule has 5 nitrogen and oxygen atoms in total. The number of rotatable bonds is 4. The molecule has 1 amide bonds. The zero-order valence-corrected chi connectivity index (χ0v) is 12.6. The van der Waals surface area contributed by atoms with E-state index in [9.17, 15) is 9.59 Å². The number of likely N-dealkylation sites (tertiary alicyclic amines) is 1. The number of nitrogens with zero attached hydrogens (tertiary/aromatic N) is 1. The molecular formula is C17H21NO4. The Labute approximate surface area is 130 Å². The maximum absolute atomic E-state index is 12.4. The lowest BCUT2D eigenvalue weighted by molar-refractivity contribution is -0.157. The summed E-state index contributed by atoms with van der Waals surface area (Å²) in [7, 11) is 0. The monoisotopic (exact) mass is 303 g/mol. The van der Waals surface area contributed by atoms with E-state index in [0.29, 0.717) is 19.6 Å². The van der Waals surface area contributed by atoms with Crippen molar-refractivity contribution in [3.63, 3.8) is 0 Å². The van der Waals surface area contributed by atoms with Gasteiger partial charge in [0.15, 0.2) is 0 Å². The second-order valence-corrected chi connectivity index (χ2v) is 5.78. The lowest BCUT2D eigenvalue weighted by Crippen LogP contribution is -2.45. The molecule has 2 atom stereocenters. The summed E-state index contributed by atoms with van der Waals surface area (Å²) >= 11 is 0. The van der Waals surface area contributed by atoms with Crippen molar-refractivity contribution in [2.24, 2.45) is 0 Å². The number of carbonyl (C=O) groups excluding carboxylic acids is 2. The van der Waals surface area contributed by atoms with E-state index < -0.39 is 6.04 Å². The Hall–Kier alpha value is -1.88. The van der Waals surface area contributed by atoms with E-state index >= 15 is 0 Å². The van der Waals surface area contributed by atoms with Gasteiger partial charge >= 0.3 is 5.97 Å². The minimum Gasteiger partial charge on any atom is -0.459 e. The third kappa shape index (κ3) is 3.30. The number of esters is 1. The number of amides is 1. The van der Waals surface area contributed by atoms with Crippen LogP contribution in [-0.4, -0.2) is 42.1 Å². The molecule has 1 aromatic carbocycles. The first-order valence-electron chi connectivity index (χ1n) is 7.88. The van der Waals surface area contributed by atoms with Crippen LogP contribution in [0.25, 0.3) is 0 Å². The number of ether oxygens (including phenoxy) is 2. The normalized spacial score (nSPS) is 24.5. The van der Waals surface area contributed by atoms with Gasteiger partial charge in [-0.1, -0.05) is 30.3 Å². The average Bonchev–Trinajstić information content (AvgIpc) is 3.24. The van der Waals surface area contributed by atoms with E-state index in [-0.39, 0.29) is 24.6 Å². The van der Waals surface area contributed by atoms with Gasteiger partial charge in [-0.25, -0.2) is 4.79 Å². The number of benzene rings is 1. The summed E-state index contributed by atoms with van der Waals surface area (Å²) < 4.78 is 10.8. The van der Waals surface area contributed by atoms with Gasteiger partial charge in [-0.05, 0) is 31.2 Å². The lowest BCUT2D eigenvalue weighted by Gasteiger charge is -2.25. The molecule has 118 valence electrons. The highest BCUT2D eigenvalue weighted by molar-refractivity contribution is 5.87. The Morgan fingerprint density at radius 3 is 2.73 bits per heavy atom. The topological polar surface area (TPSA) is 55.8 Å². The zero-order valence-electron chi connectivity index (χ0n) is 12.6.